The molecule has 0 aliphatic carbocycles. The molecule has 23 heavy (non-hydrogen) atoms. The van der Waals surface area contributed by atoms with Gasteiger partial charge in [-0.05, 0) is 62.2 Å². The Bertz CT molecular complexity index is 294. The predicted molar refractivity (Wildman–Crippen MR) is 107 cm³/mol. The fourth-order valence-corrected chi connectivity index (χ4v) is 3.24. The van der Waals surface area contributed by atoms with Crippen molar-refractivity contribution >= 4 is 0 Å². The monoisotopic (exact) mass is 323 g/mol. The largest absolute Gasteiger partial charge is 0.372 e. The molecule has 0 aliphatic rings. The van der Waals surface area contributed by atoms with Gasteiger partial charge in [-0.1, -0.05) is 62.0 Å². The summed E-state index contributed by atoms with van der Waals surface area (Å²) in [7, 11) is 2.31. The third-order valence-corrected chi connectivity index (χ3v) is 5.37. The van der Waals surface area contributed by atoms with E-state index in [1.165, 1.54) is 44.2 Å². The standard InChI is InChI=1S/C22H45N/c1-17(2)11-14-22(15-12-18(3)4,16-13-19(5)6)23(10)21(9)20(7)8/h17-20H,9,11-16H2,1-8,10H3. The minimum Gasteiger partial charge on any atom is -0.372 e. The minimum absolute atomic E-state index is 0.292. The van der Waals surface area contributed by atoms with Gasteiger partial charge in [-0.15, -0.1) is 0 Å². The van der Waals surface area contributed by atoms with Crippen LogP contribution in [0, 0.1) is 23.7 Å². The van der Waals surface area contributed by atoms with Gasteiger partial charge < -0.3 is 4.90 Å². The average molecular weight is 324 g/mol. The molecule has 0 radical (unpaired) electrons. The summed E-state index contributed by atoms with van der Waals surface area (Å²) in [5.74, 6) is 2.84. The highest BCUT2D eigenvalue weighted by Crippen LogP contribution is 2.38. The summed E-state index contributed by atoms with van der Waals surface area (Å²) in [5, 5.41) is 0. The van der Waals surface area contributed by atoms with E-state index in [1.54, 1.807) is 0 Å². The first-order valence-corrected chi connectivity index (χ1v) is 9.94. The quantitative estimate of drug-likeness (QED) is 0.369. The first-order valence-electron chi connectivity index (χ1n) is 9.94. The molecular weight excluding hydrogens is 278 g/mol. The molecule has 0 rings (SSSR count). The Hall–Kier alpha value is -0.460. The lowest BCUT2D eigenvalue weighted by atomic mass is 9.77. The molecule has 0 atom stereocenters. The molecule has 0 fully saturated rings. The fraction of sp³-hybridized carbons (Fsp3) is 0.909. The van der Waals surface area contributed by atoms with Crippen molar-refractivity contribution < 1.29 is 0 Å². The van der Waals surface area contributed by atoms with Gasteiger partial charge >= 0.3 is 0 Å². The Kier molecular flexibility index (Phi) is 10.2. The van der Waals surface area contributed by atoms with Crippen molar-refractivity contribution in [2.45, 2.75) is 99.5 Å². The molecule has 0 aromatic heterocycles. The second kappa shape index (κ2) is 10.4. The van der Waals surface area contributed by atoms with E-state index in [9.17, 15) is 0 Å². The third-order valence-electron chi connectivity index (χ3n) is 5.37. The number of hydrogen-bond donors (Lipinski definition) is 0. The predicted octanol–water partition coefficient (Wildman–Crippen LogP) is 7.14. The molecule has 0 saturated heterocycles. The van der Waals surface area contributed by atoms with Gasteiger partial charge in [0.25, 0.3) is 0 Å². The van der Waals surface area contributed by atoms with Crippen molar-refractivity contribution in [2.75, 3.05) is 7.05 Å². The van der Waals surface area contributed by atoms with E-state index in [0.29, 0.717) is 11.5 Å². The molecule has 0 aromatic rings. The van der Waals surface area contributed by atoms with Crippen LogP contribution in [0.15, 0.2) is 12.3 Å². The molecule has 0 heterocycles. The van der Waals surface area contributed by atoms with Crippen LogP contribution in [0.4, 0.5) is 0 Å². The summed E-state index contributed by atoms with van der Waals surface area (Å²) < 4.78 is 0. The van der Waals surface area contributed by atoms with Crippen LogP contribution in [0.3, 0.4) is 0 Å². The molecule has 0 N–H and O–H groups in total. The topological polar surface area (TPSA) is 3.24 Å². The van der Waals surface area contributed by atoms with E-state index >= 15 is 0 Å². The maximum absolute atomic E-state index is 4.43. The van der Waals surface area contributed by atoms with Crippen LogP contribution in [-0.2, 0) is 0 Å². The fourth-order valence-electron chi connectivity index (χ4n) is 3.24. The molecule has 0 aliphatic heterocycles. The van der Waals surface area contributed by atoms with Gasteiger partial charge in [-0.2, -0.15) is 0 Å². The van der Waals surface area contributed by atoms with E-state index in [1.807, 2.05) is 0 Å². The second-order valence-corrected chi connectivity index (χ2v) is 9.23. The molecule has 0 amide bonds. The molecule has 0 unspecified atom stereocenters. The van der Waals surface area contributed by atoms with Crippen molar-refractivity contribution in [2.24, 2.45) is 23.7 Å². The number of allylic oxidation sites excluding steroid dienone is 1. The summed E-state index contributed by atoms with van der Waals surface area (Å²) in [6.45, 7) is 23.1. The van der Waals surface area contributed by atoms with Gasteiger partial charge in [0.2, 0.25) is 0 Å². The van der Waals surface area contributed by atoms with Crippen LogP contribution < -0.4 is 0 Å². The van der Waals surface area contributed by atoms with Crippen molar-refractivity contribution in [1.29, 1.82) is 0 Å². The normalized spacial score (nSPS) is 12.7. The SMILES string of the molecule is C=C(C(C)C)N(C)C(CCC(C)C)(CCC(C)C)CCC(C)C. The molecular formula is C22H45N. The lowest BCUT2D eigenvalue weighted by molar-refractivity contribution is 0.0924. The average Bonchev–Trinajstić information content (AvgIpc) is 2.44. The molecule has 138 valence electrons. The Balaban J connectivity index is 5.44. The number of rotatable bonds is 12. The summed E-state index contributed by atoms with van der Waals surface area (Å²) in [4.78, 5) is 2.57. The molecule has 0 spiro atoms. The number of nitrogens with zero attached hydrogens (tertiary/aromatic N) is 1. The zero-order valence-electron chi connectivity index (χ0n) is 17.7. The lowest BCUT2D eigenvalue weighted by Gasteiger charge is -2.47. The van der Waals surface area contributed by atoms with E-state index in [2.05, 4.69) is 73.9 Å². The third kappa shape index (κ3) is 8.27. The van der Waals surface area contributed by atoms with Crippen LogP contribution >= 0.6 is 0 Å². The Morgan fingerprint density at radius 1 is 0.739 bits per heavy atom. The van der Waals surface area contributed by atoms with Crippen molar-refractivity contribution in [3.8, 4) is 0 Å². The first kappa shape index (κ1) is 22.5. The smallest absolute Gasteiger partial charge is 0.0396 e. The van der Waals surface area contributed by atoms with Crippen molar-refractivity contribution in [3.05, 3.63) is 12.3 Å². The molecule has 1 heteroatoms. The van der Waals surface area contributed by atoms with E-state index < -0.39 is 0 Å². The highest BCUT2D eigenvalue weighted by atomic mass is 15.2. The van der Waals surface area contributed by atoms with Crippen LogP contribution in [-0.4, -0.2) is 17.5 Å². The summed E-state index contributed by atoms with van der Waals surface area (Å²) in [6.07, 6.45) is 7.83. The number of hydrogen-bond acceptors (Lipinski definition) is 1. The van der Waals surface area contributed by atoms with E-state index in [0.717, 1.165) is 17.8 Å². The Morgan fingerprint density at radius 2 is 1.04 bits per heavy atom. The minimum atomic E-state index is 0.292. The first-order chi connectivity index (χ1) is 10.5. The van der Waals surface area contributed by atoms with Gasteiger partial charge in [0.1, 0.15) is 0 Å². The molecule has 1 nitrogen and oxygen atoms in total. The maximum Gasteiger partial charge on any atom is 0.0396 e. The van der Waals surface area contributed by atoms with Crippen molar-refractivity contribution in [3.63, 3.8) is 0 Å². The Morgan fingerprint density at radius 3 is 1.26 bits per heavy atom. The lowest BCUT2D eigenvalue weighted by Crippen LogP contribution is -2.47. The zero-order chi connectivity index (χ0) is 18.2. The van der Waals surface area contributed by atoms with E-state index in [4.69, 9.17) is 0 Å². The molecule has 0 bridgehead atoms. The van der Waals surface area contributed by atoms with Crippen LogP contribution in [0.25, 0.3) is 0 Å². The summed E-state index contributed by atoms with van der Waals surface area (Å²) in [6, 6.07) is 0. The molecule has 0 saturated carbocycles. The van der Waals surface area contributed by atoms with Gasteiger partial charge in [0.15, 0.2) is 0 Å². The molecule has 0 aromatic carbocycles. The van der Waals surface area contributed by atoms with Crippen molar-refractivity contribution in [1.82, 2.24) is 4.90 Å². The maximum atomic E-state index is 4.43. The van der Waals surface area contributed by atoms with Crippen LogP contribution in [0.1, 0.15) is 93.9 Å². The zero-order valence-corrected chi connectivity index (χ0v) is 17.7. The summed E-state index contributed by atoms with van der Waals surface area (Å²) >= 11 is 0. The van der Waals surface area contributed by atoms with Crippen LogP contribution in [0.5, 0.6) is 0 Å². The Labute approximate surface area is 147 Å². The van der Waals surface area contributed by atoms with Gasteiger partial charge in [0.05, 0.1) is 0 Å². The van der Waals surface area contributed by atoms with Gasteiger partial charge in [-0.3, -0.25) is 0 Å². The van der Waals surface area contributed by atoms with Gasteiger partial charge in [0, 0.05) is 18.3 Å². The van der Waals surface area contributed by atoms with Crippen LogP contribution in [0.2, 0.25) is 0 Å². The second-order valence-electron chi connectivity index (χ2n) is 9.23. The van der Waals surface area contributed by atoms with E-state index in [-0.39, 0.29) is 0 Å². The highest BCUT2D eigenvalue weighted by molar-refractivity contribution is 5.05. The summed E-state index contributed by atoms with van der Waals surface area (Å²) in [5.41, 5.74) is 1.60. The van der Waals surface area contributed by atoms with Gasteiger partial charge in [-0.25, -0.2) is 0 Å². The highest BCUT2D eigenvalue weighted by Gasteiger charge is 2.35.